The van der Waals surface area contributed by atoms with Crippen LogP contribution < -0.4 is 14.8 Å². The van der Waals surface area contributed by atoms with Crippen molar-refractivity contribution in [2.45, 2.75) is 37.3 Å². The highest BCUT2D eigenvalue weighted by Gasteiger charge is 2.36. The zero-order valence-electron chi connectivity index (χ0n) is 24.2. The van der Waals surface area contributed by atoms with Crippen LogP contribution in [0.5, 0.6) is 11.5 Å². The minimum Gasteiger partial charge on any atom is -0.497 e. The van der Waals surface area contributed by atoms with Crippen LogP contribution in [0.15, 0.2) is 77.7 Å². The Kier molecular flexibility index (Phi) is 9.87. The molecule has 0 bridgehead atoms. The van der Waals surface area contributed by atoms with Crippen molar-refractivity contribution in [3.05, 3.63) is 83.9 Å². The van der Waals surface area contributed by atoms with E-state index >= 15 is 0 Å². The fourth-order valence-corrected chi connectivity index (χ4v) is 6.00. The number of amides is 2. The normalized spacial score (nSPS) is 18.0. The molecule has 0 spiro atoms. The van der Waals surface area contributed by atoms with E-state index < -0.39 is 22.2 Å². The number of fused-ring (bicyclic) bond motifs is 1. The molecule has 0 radical (unpaired) electrons. The smallest absolute Gasteiger partial charge is 0.258 e. The van der Waals surface area contributed by atoms with Gasteiger partial charge in [0.1, 0.15) is 11.9 Å². The van der Waals surface area contributed by atoms with Gasteiger partial charge in [-0.2, -0.15) is 4.31 Å². The molecule has 4 rings (SSSR count). The van der Waals surface area contributed by atoms with Gasteiger partial charge in [0.05, 0.1) is 48.9 Å². The number of aliphatic hydroxyl groups excluding tert-OH is 1. The second-order valence-corrected chi connectivity index (χ2v) is 12.5. The van der Waals surface area contributed by atoms with Gasteiger partial charge in [0.15, 0.2) is 5.75 Å². The molecule has 0 saturated carbocycles. The van der Waals surface area contributed by atoms with Gasteiger partial charge in [-0.15, -0.1) is 0 Å². The molecule has 3 atom stereocenters. The Balaban J connectivity index is 1.68. The van der Waals surface area contributed by atoms with E-state index in [-0.39, 0.29) is 60.1 Å². The minimum absolute atomic E-state index is 0.0310. The first-order chi connectivity index (χ1) is 20.0. The van der Waals surface area contributed by atoms with Gasteiger partial charge < -0.3 is 24.8 Å². The number of hydrogen-bond donors (Lipinski definition) is 2. The molecule has 0 saturated heterocycles. The van der Waals surface area contributed by atoms with Crippen LogP contribution >= 0.6 is 0 Å². The lowest BCUT2D eigenvalue weighted by Gasteiger charge is -2.38. The molecule has 1 heterocycles. The number of rotatable bonds is 10. The number of para-hydroxylation sites is 1. The molecule has 3 aromatic rings. The summed E-state index contributed by atoms with van der Waals surface area (Å²) in [5.41, 5.74) is 1.34. The summed E-state index contributed by atoms with van der Waals surface area (Å²) >= 11 is 0. The number of aliphatic hydroxyl groups is 1. The lowest BCUT2D eigenvalue weighted by atomic mass is 9.99. The van der Waals surface area contributed by atoms with Gasteiger partial charge in [-0.3, -0.25) is 9.59 Å². The van der Waals surface area contributed by atoms with Crippen molar-refractivity contribution in [2.24, 2.45) is 5.92 Å². The highest BCUT2D eigenvalue weighted by molar-refractivity contribution is 7.89. The number of carbonyl (C=O) groups is 2. The Bertz CT molecular complexity index is 1500. The van der Waals surface area contributed by atoms with Crippen LogP contribution in [-0.2, 0) is 21.2 Å². The summed E-state index contributed by atoms with van der Waals surface area (Å²) in [6.45, 7) is 3.55. The van der Waals surface area contributed by atoms with E-state index in [9.17, 15) is 23.1 Å². The quantitative estimate of drug-likeness (QED) is 0.368. The van der Waals surface area contributed by atoms with E-state index in [1.54, 1.807) is 42.2 Å². The van der Waals surface area contributed by atoms with Gasteiger partial charge in [-0.05, 0) is 48.9 Å². The zero-order valence-corrected chi connectivity index (χ0v) is 25.0. The number of anilines is 1. The first-order valence-corrected chi connectivity index (χ1v) is 15.1. The molecule has 1 aliphatic rings. The molecule has 3 aromatic carbocycles. The second-order valence-electron chi connectivity index (χ2n) is 10.5. The molecule has 2 N–H and O–H groups in total. The van der Waals surface area contributed by atoms with Crippen LogP contribution in [-0.4, -0.2) is 80.5 Å². The van der Waals surface area contributed by atoms with Gasteiger partial charge in [0.2, 0.25) is 15.9 Å². The Hall–Kier alpha value is -3.93. The van der Waals surface area contributed by atoms with Crippen LogP contribution in [0.25, 0.3) is 0 Å². The molecule has 42 heavy (non-hydrogen) atoms. The van der Waals surface area contributed by atoms with Crippen molar-refractivity contribution in [2.75, 3.05) is 39.2 Å². The maximum Gasteiger partial charge on any atom is 0.258 e. The molecule has 0 aromatic heterocycles. The Labute approximate surface area is 246 Å². The minimum atomic E-state index is -3.89. The van der Waals surface area contributed by atoms with Crippen LogP contribution in [0.2, 0.25) is 0 Å². The molecular formula is C31H37N3O7S. The highest BCUT2D eigenvalue weighted by Crippen LogP contribution is 2.35. The van der Waals surface area contributed by atoms with Crippen molar-refractivity contribution in [1.82, 2.24) is 9.21 Å². The Morgan fingerprint density at radius 3 is 2.45 bits per heavy atom. The zero-order chi connectivity index (χ0) is 30.4. The first-order valence-electron chi connectivity index (χ1n) is 13.7. The van der Waals surface area contributed by atoms with E-state index in [4.69, 9.17) is 9.47 Å². The third-order valence-electron chi connectivity index (χ3n) is 7.38. The van der Waals surface area contributed by atoms with Crippen molar-refractivity contribution in [3.63, 3.8) is 0 Å². The molecule has 0 fully saturated rings. The molecule has 10 nitrogen and oxygen atoms in total. The molecule has 11 heteroatoms. The fourth-order valence-electron chi connectivity index (χ4n) is 4.81. The average Bonchev–Trinajstić information content (AvgIpc) is 2.99. The number of hydrogen-bond acceptors (Lipinski definition) is 7. The monoisotopic (exact) mass is 595 g/mol. The standard InChI is InChI=1S/C31H37N3O7S/c1-21-18-34(22(2)20-35)31(37)26-11-8-12-27(32-29(36)17-23-9-6-5-7-10-23)30(26)41-28(21)19-33(3)42(38,39)25-15-13-24(40-4)14-16-25/h5-16,21-22,28,35H,17-20H2,1-4H3,(H,32,36)/t21-,22+,28+/m0/s1. The van der Waals surface area contributed by atoms with Crippen LogP contribution in [0.1, 0.15) is 29.8 Å². The molecule has 0 unspecified atom stereocenters. The number of carbonyl (C=O) groups excluding carboxylic acids is 2. The van der Waals surface area contributed by atoms with E-state index in [0.29, 0.717) is 11.4 Å². The number of likely N-dealkylation sites (N-methyl/N-ethyl adjacent to an activating group) is 1. The SMILES string of the molecule is COc1ccc(S(=O)(=O)N(C)C[C@H]2Oc3c(NC(=O)Cc4ccccc4)cccc3C(=O)N([C@H](C)CO)C[C@@H]2C)cc1. The lowest BCUT2D eigenvalue weighted by molar-refractivity contribution is -0.115. The maximum absolute atomic E-state index is 13.7. The molecule has 224 valence electrons. The van der Waals surface area contributed by atoms with Crippen molar-refractivity contribution in [1.29, 1.82) is 0 Å². The van der Waals surface area contributed by atoms with Gasteiger partial charge in [0, 0.05) is 19.5 Å². The number of nitrogens with zero attached hydrogens (tertiary/aromatic N) is 2. The Morgan fingerprint density at radius 2 is 1.81 bits per heavy atom. The maximum atomic E-state index is 13.7. The van der Waals surface area contributed by atoms with Crippen LogP contribution in [0.4, 0.5) is 5.69 Å². The van der Waals surface area contributed by atoms with Crippen molar-refractivity contribution >= 4 is 27.5 Å². The number of sulfonamides is 1. The van der Waals surface area contributed by atoms with Crippen LogP contribution in [0.3, 0.4) is 0 Å². The predicted octanol–water partition coefficient (Wildman–Crippen LogP) is 3.42. The largest absolute Gasteiger partial charge is 0.497 e. The van der Waals surface area contributed by atoms with Gasteiger partial charge in [-0.25, -0.2) is 8.42 Å². The number of nitrogens with one attached hydrogen (secondary N) is 1. The van der Waals surface area contributed by atoms with Gasteiger partial charge in [-0.1, -0.05) is 43.3 Å². The number of methoxy groups -OCH3 is 1. The Morgan fingerprint density at radius 1 is 1.12 bits per heavy atom. The van der Waals surface area contributed by atoms with Crippen molar-refractivity contribution < 1.29 is 32.6 Å². The lowest BCUT2D eigenvalue weighted by Crippen LogP contribution is -2.50. The predicted molar refractivity (Wildman–Crippen MR) is 159 cm³/mol. The van der Waals surface area contributed by atoms with Gasteiger partial charge >= 0.3 is 0 Å². The first kappa shape index (κ1) is 31.0. The summed E-state index contributed by atoms with van der Waals surface area (Å²) in [4.78, 5) is 28.3. The topological polar surface area (TPSA) is 125 Å². The number of benzene rings is 3. The second kappa shape index (κ2) is 13.4. The summed E-state index contributed by atoms with van der Waals surface area (Å²) in [6, 6.07) is 19.8. The summed E-state index contributed by atoms with van der Waals surface area (Å²) in [7, 11) is -0.908. The summed E-state index contributed by atoms with van der Waals surface area (Å²) < 4.78 is 39.7. The summed E-state index contributed by atoms with van der Waals surface area (Å²) in [5, 5.41) is 12.8. The number of ether oxygens (including phenoxy) is 2. The third kappa shape index (κ3) is 6.92. The summed E-state index contributed by atoms with van der Waals surface area (Å²) in [5.74, 6) is -0.286. The fraction of sp³-hybridized carbons (Fsp3) is 0.355. The van der Waals surface area contributed by atoms with Crippen LogP contribution in [0, 0.1) is 5.92 Å². The van der Waals surface area contributed by atoms with E-state index in [0.717, 1.165) is 5.56 Å². The van der Waals surface area contributed by atoms with E-state index in [1.807, 2.05) is 37.3 Å². The molecular weight excluding hydrogens is 558 g/mol. The third-order valence-corrected chi connectivity index (χ3v) is 9.22. The van der Waals surface area contributed by atoms with Crippen molar-refractivity contribution in [3.8, 4) is 11.5 Å². The van der Waals surface area contributed by atoms with E-state index in [1.165, 1.54) is 30.6 Å². The summed E-state index contributed by atoms with van der Waals surface area (Å²) in [6.07, 6.45) is -0.579. The molecule has 1 aliphatic heterocycles. The molecule has 0 aliphatic carbocycles. The average molecular weight is 596 g/mol. The highest BCUT2D eigenvalue weighted by atomic mass is 32.2. The van der Waals surface area contributed by atoms with E-state index in [2.05, 4.69) is 5.32 Å². The molecule has 2 amide bonds. The van der Waals surface area contributed by atoms with Gasteiger partial charge in [0.25, 0.3) is 5.91 Å².